The van der Waals surface area contributed by atoms with Crippen LogP contribution in [0.4, 0.5) is 13.2 Å². The molecule has 0 aromatic carbocycles. The zero-order valence-corrected chi connectivity index (χ0v) is 8.19. The molecule has 0 aliphatic rings. The van der Waals surface area contributed by atoms with Crippen LogP contribution in [-0.4, -0.2) is 17.3 Å². The number of hydrogen-bond donors (Lipinski definition) is 0. The predicted octanol–water partition coefficient (Wildman–Crippen LogP) is 2.55. The second kappa shape index (κ2) is 4.48. The third-order valence-electron chi connectivity index (χ3n) is 1.57. The van der Waals surface area contributed by atoms with Gasteiger partial charge >= 0.3 is 0 Å². The summed E-state index contributed by atoms with van der Waals surface area (Å²) in [6, 6.07) is 0.639. The molecule has 1 rings (SSSR count). The van der Waals surface area contributed by atoms with E-state index in [1.807, 2.05) is 0 Å². The monoisotopic (exact) mass is 239 g/mol. The average Bonchev–Trinajstić information content (AvgIpc) is 2.16. The number of methoxy groups -OCH3 is 1. The fourth-order valence-corrected chi connectivity index (χ4v) is 1.07. The van der Waals surface area contributed by atoms with Crippen LogP contribution in [0.5, 0.6) is 5.75 Å². The molecule has 0 amide bonds. The van der Waals surface area contributed by atoms with Gasteiger partial charge in [-0.05, 0) is 11.6 Å². The minimum atomic E-state index is -3.05. The highest BCUT2D eigenvalue weighted by Crippen LogP contribution is 2.30. The molecule has 0 unspecified atom stereocenters. The van der Waals surface area contributed by atoms with Crippen LogP contribution in [0.15, 0.2) is 6.07 Å². The SMILES string of the molecule is COc1c(F)cc(C(=O)Cl)nc1C(F)F. The lowest BCUT2D eigenvalue weighted by molar-refractivity contribution is 0.107. The van der Waals surface area contributed by atoms with E-state index in [0.717, 1.165) is 7.11 Å². The summed E-state index contributed by atoms with van der Waals surface area (Å²) < 4.78 is 42.3. The van der Waals surface area contributed by atoms with Crippen LogP contribution < -0.4 is 4.74 Å². The van der Waals surface area contributed by atoms with Gasteiger partial charge in [-0.3, -0.25) is 4.79 Å². The zero-order valence-electron chi connectivity index (χ0n) is 7.43. The van der Waals surface area contributed by atoms with E-state index in [1.54, 1.807) is 0 Å². The van der Waals surface area contributed by atoms with Gasteiger partial charge in [0.2, 0.25) is 0 Å². The molecule has 0 fully saturated rings. The smallest absolute Gasteiger partial charge is 0.284 e. The van der Waals surface area contributed by atoms with Crippen LogP contribution >= 0.6 is 11.6 Å². The van der Waals surface area contributed by atoms with E-state index in [-0.39, 0.29) is 0 Å². The number of aromatic nitrogens is 1. The van der Waals surface area contributed by atoms with Crippen molar-refractivity contribution in [1.82, 2.24) is 4.98 Å². The molecule has 0 N–H and O–H groups in total. The maximum Gasteiger partial charge on any atom is 0.284 e. The summed E-state index contributed by atoms with van der Waals surface area (Å²) in [5.41, 5.74) is -1.52. The van der Waals surface area contributed by atoms with Crippen LogP contribution in [-0.2, 0) is 0 Å². The maximum absolute atomic E-state index is 13.1. The van der Waals surface area contributed by atoms with Crippen molar-refractivity contribution in [2.75, 3.05) is 7.11 Å². The number of hydrogen-bond acceptors (Lipinski definition) is 3. The lowest BCUT2D eigenvalue weighted by Gasteiger charge is -2.08. The lowest BCUT2D eigenvalue weighted by atomic mass is 10.2. The van der Waals surface area contributed by atoms with E-state index < -0.39 is 34.6 Å². The minimum Gasteiger partial charge on any atom is -0.492 e. The highest BCUT2D eigenvalue weighted by atomic mass is 35.5. The van der Waals surface area contributed by atoms with Gasteiger partial charge in [-0.25, -0.2) is 18.2 Å². The van der Waals surface area contributed by atoms with Crippen molar-refractivity contribution in [2.24, 2.45) is 0 Å². The van der Waals surface area contributed by atoms with Gasteiger partial charge < -0.3 is 4.74 Å². The van der Waals surface area contributed by atoms with Crippen molar-refractivity contribution in [3.63, 3.8) is 0 Å². The number of halogens is 4. The van der Waals surface area contributed by atoms with Gasteiger partial charge in [0.25, 0.3) is 11.7 Å². The maximum atomic E-state index is 13.1. The Morgan fingerprint density at radius 1 is 1.60 bits per heavy atom. The van der Waals surface area contributed by atoms with E-state index in [9.17, 15) is 18.0 Å². The second-order valence-electron chi connectivity index (χ2n) is 2.48. The van der Waals surface area contributed by atoms with E-state index >= 15 is 0 Å². The van der Waals surface area contributed by atoms with Crippen molar-refractivity contribution < 1.29 is 22.7 Å². The Bertz CT molecular complexity index is 398. The van der Waals surface area contributed by atoms with E-state index in [2.05, 4.69) is 9.72 Å². The number of rotatable bonds is 3. The molecule has 0 aliphatic heterocycles. The predicted molar refractivity (Wildman–Crippen MR) is 45.9 cm³/mol. The third kappa shape index (κ3) is 2.38. The second-order valence-corrected chi connectivity index (χ2v) is 2.83. The molecular weight excluding hydrogens is 235 g/mol. The summed E-state index contributed by atoms with van der Waals surface area (Å²) in [6.07, 6.45) is -3.05. The van der Waals surface area contributed by atoms with Crippen LogP contribution in [0.25, 0.3) is 0 Å². The van der Waals surface area contributed by atoms with Crippen LogP contribution in [0.2, 0.25) is 0 Å². The first-order chi connectivity index (χ1) is 6.97. The number of carbonyl (C=O) groups excluding carboxylic acids is 1. The van der Waals surface area contributed by atoms with Crippen molar-refractivity contribution in [1.29, 1.82) is 0 Å². The largest absolute Gasteiger partial charge is 0.492 e. The van der Waals surface area contributed by atoms with E-state index in [0.29, 0.717) is 6.07 Å². The molecule has 82 valence electrons. The van der Waals surface area contributed by atoms with Crippen molar-refractivity contribution in [2.45, 2.75) is 6.43 Å². The third-order valence-corrected chi connectivity index (χ3v) is 1.76. The molecule has 0 atom stereocenters. The number of ether oxygens (including phenoxy) is 1. The molecule has 0 radical (unpaired) electrons. The summed E-state index contributed by atoms with van der Waals surface area (Å²) in [6.45, 7) is 0. The fourth-order valence-electron chi connectivity index (χ4n) is 0.971. The van der Waals surface area contributed by atoms with Gasteiger partial charge in [-0.2, -0.15) is 0 Å². The fraction of sp³-hybridized carbons (Fsp3) is 0.250. The van der Waals surface area contributed by atoms with Crippen LogP contribution in [0.1, 0.15) is 22.6 Å². The zero-order chi connectivity index (χ0) is 11.6. The summed E-state index contributed by atoms with van der Waals surface area (Å²) in [5.74, 6) is -1.79. The molecule has 0 spiro atoms. The Labute approximate surface area is 87.8 Å². The Kier molecular flexibility index (Phi) is 3.52. The summed E-state index contributed by atoms with van der Waals surface area (Å²) in [4.78, 5) is 13.8. The quantitative estimate of drug-likeness (QED) is 0.761. The highest BCUT2D eigenvalue weighted by Gasteiger charge is 2.22. The topological polar surface area (TPSA) is 39.2 Å². The first-order valence-corrected chi connectivity index (χ1v) is 4.07. The number of carbonyl (C=O) groups is 1. The molecule has 0 aliphatic carbocycles. The molecule has 3 nitrogen and oxygen atoms in total. The molecule has 0 bridgehead atoms. The molecule has 15 heavy (non-hydrogen) atoms. The average molecular weight is 240 g/mol. The highest BCUT2D eigenvalue weighted by molar-refractivity contribution is 6.67. The minimum absolute atomic E-state index is 0.578. The summed E-state index contributed by atoms with van der Waals surface area (Å²) >= 11 is 4.99. The first kappa shape index (κ1) is 11.8. The van der Waals surface area contributed by atoms with Gasteiger partial charge in [-0.15, -0.1) is 0 Å². The molecular formula is C8H5ClF3NO2. The van der Waals surface area contributed by atoms with Crippen molar-refractivity contribution >= 4 is 16.8 Å². The Balaban J connectivity index is 3.38. The Hall–Kier alpha value is -1.30. The van der Waals surface area contributed by atoms with Gasteiger partial charge in [-0.1, -0.05) is 0 Å². The van der Waals surface area contributed by atoms with Gasteiger partial charge in [0, 0.05) is 6.07 Å². The molecule has 1 heterocycles. The van der Waals surface area contributed by atoms with Gasteiger partial charge in [0.15, 0.2) is 17.3 Å². The Morgan fingerprint density at radius 2 is 2.20 bits per heavy atom. The number of pyridine rings is 1. The molecule has 1 aromatic rings. The molecule has 1 aromatic heterocycles. The lowest BCUT2D eigenvalue weighted by Crippen LogP contribution is -2.05. The molecule has 0 saturated heterocycles. The van der Waals surface area contributed by atoms with Gasteiger partial charge in [0.05, 0.1) is 7.11 Å². The molecule has 7 heteroatoms. The number of alkyl halides is 2. The van der Waals surface area contributed by atoms with Crippen molar-refractivity contribution in [3.05, 3.63) is 23.3 Å². The van der Waals surface area contributed by atoms with Crippen molar-refractivity contribution in [3.8, 4) is 5.75 Å². The molecule has 0 saturated carbocycles. The summed E-state index contributed by atoms with van der Waals surface area (Å²) in [7, 11) is 1.02. The Morgan fingerprint density at radius 3 is 2.60 bits per heavy atom. The number of nitrogens with zero attached hydrogens (tertiary/aromatic N) is 1. The summed E-state index contributed by atoms with van der Waals surface area (Å²) in [5, 5.41) is -1.11. The normalized spacial score (nSPS) is 10.5. The van der Waals surface area contributed by atoms with E-state index in [4.69, 9.17) is 11.6 Å². The van der Waals surface area contributed by atoms with E-state index in [1.165, 1.54) is 0 Å². The standard InChI is InChI=1S/C8H5ClF3NO2/c1-15-6-3(10)2-4(7(9)14)13-5(6)8(11)12/h2,8H,1H3. The van der Waals surface area contributed by atoms with Crippen LogP contribution in [0.3, 0.4) is 0 Å². The van der Waals surface area contributed by atoms with Gasteiger partial charge in [0.1, 0.15) is 5.69 Å². The van der Waals surface area contributed by atoms with Crippen LogP contribution in [0, 0.1) is 5.82 Å². The first-order valence-electron chi connectivity index (χ1n) is 3.69.